The molecule has 134 valence electrons. The first-order chi connectivity index (χ1) is 12.2. The molecule has 6 nitrogen and oxygen atoms in total. The Morgan fingerprint density at radius 1 is 1.12 bits per heavy atom. The first kappa shape index (κ1) is 18.7. The van der Waals surface area contributed by atoms with Gasteiger partial charge in [0.2, 0.25) is 5.56 Å². The minimum absolute atomic E-state index is 0.000826. The first-order valence-corrected chi connectivity index (χ1v) is 8.56. The van der Waals surface area contributed by atoms with E-state index in [0.717, 1.165) is 24.1 Å². The van der Waals surface area contributed by atoms with Crippen molar-refractivity contribution in [3.8, 4) is 0 Å². The van der Waals surface area contributed by atoms with E-state index in [1.807, 2.05) is 37.3 Å². The number of hydrogen-bond acceptors (Lipinski definition) is 3. The van der Waals surface area contributed by atoms with Gasteiger partial charge in [0.25, 0.3) is 0 Å². The van der Waals surface area contributed by atoms with Gasteiger partial charge in [-0.2, -0.15) is 0 Å². The number of aromatic nitrogens is 1. The number of unbranched alkanes of at least 4 members (excludes halogenated alkanes) is 1. The summed E-state index contributed by atoms with van der Waals surface area (Å²) < 4.78 is 7.08. The van der Waals surface area contributed by atoms with Gasteiger partial charge < -0.3 is 19.9 Å². The van der Waals surface area contributed by atoms with Crippen molar-refractivity contribution in [3.05, 3.63) is 64.6 Å². The predicted octanol–water partition coefficient (Wildman–Crippen LogP) is 2.99. The van der Waals surface area contributed by atoms with E-state index in [-0.39, 0.29) is 11.6 Å². The average molecular weight is 343 g/mol. The standard InChI is InChI=1S/C19H25N3O3/c1-2-25-15-16-9-3-4-10-17(16)21-19(24)20-12-6-8-14-22-13-7-5-11-18(22)23/h3-5,7,9-11,13H,2,6,8,12,14-15H2,1H3,(H2,20,21,24). The normalized spacial score (nSPS) is 10.4. The summed E-state index contributed by atoms with van der Waals surface area (Å²) in [7, 11) is 0. The van der Waals surface area contributed by atoms with Crippen molar-refractivity contribution < 1.29 is 9.53 Å². The minimum atomic E-state index is -0.235. The highest BCUT2D eigenvalue weighted by Gasteiger charge is 2.06. The van der Waals surface area contributed by atoms with E-state index in [2.05, 4.69) is 10.6 Å². The molecule has 0 aliphatic heterocycles. The molecule has 0 fully saturated rings. The highest BCUT2D eigenvalue weighted by atomic mass is 16.5. The lowest BCUT2D eigenvalue weighted by Crippen LogP contribution is -2.30. The van der Waals surface area contributed by atoms with Crippen molar-refractivity contribution in [2.24, 2.45) is 0 Å². The molecule has 1 aromatic heterocycles. The van der Waals surface area contributed by atoms with Crippen molar-refractivity contribution in [1.82, 2.24) is 9.88 Å². The third-order valence-electron chi connectivity index (χ3n) is 3.74. The lowest BCUT2D eigenvalue weighted by atomic mass is 10.2. The second-order valence-corrected chi connectivity index (χ2v) is 5.61. The molecule has 25 heavy (non-hydrogen) atoms. The molecule has 1 aromatic carbocycles. The molecule has 0 aliphatic rings. The molecular weight excluding hydrogens is 318 g/mol. The summed E-state index contributed by atoms with van der Waals surface area (Å²) in [5, 5.41) is 5.69. The lowest BCUT2D eigenvalue weighted by Gasteiger charge is -2.12. The van der Waals surface area contributed by atoms with Gasteiger partial charge in [-0.25, -0.2) is 4.79 Å². The van der Waals surface area contributed by atoms with Gasteiger partial charge in [-0.05, 0) is 31.9 Å². The molecule has 0 bridgehead atoms. The molecule has 2 amide bonds. The SMILES string of the molecule is CCOCc1ccccc1NC(=O)NCCCCn1ccccc1=O. The highest BCUT2D eigenvalue weighted by molar-refractivity contribution is 5.90. The Morgan fingerprint density at radius 3 is 2.72 bits per heavy atom. The fourth-order valence-electron chi connectivity index (χ4n) is 2.40. The number of carbonyl (C=O) groups excluding carboxylic acids is 1. The first-order valence-electron chi connectivity index (χ1n) is 8.56. The Hall–Kier alpha value is -2.60. The number of urea groups is 1. The second kappa shape index (κ2) is 10.3. The van der Waals surface area contributed by atoms with E-state index in [4.69, 9.17) is 4.74 Å². The number of aryl methyl sites for hydroxylation is 1. The molecule has 0 spiro atoms. The maximum absolute atomic E-state index is 12.0. The van der Waals surface area contributed by atoms with Crippen LogP contribution in [0, 0.1) is 0 Å². The summed E-state index contributed by atoms with van der Waals surface area (Å²) in [5.41, 5.74) is 1.70. The van der Waals surface area contributed by atoms with E-state index in [1.54, 1.807) is 22.9 Å². The zero-order chi connectivity index (χ0) is 17.9. The summed E-state index contributed by atoms with van der Waals surface area (Å²) >= 11 is 0. The van der Waals surface area contributed by atoms with Crippen molar-refractivity contribution in [2.45, 2.75) is 32.9 Å². The topological polar surface area (TPSA) is 72.4 Å². The number of anilines is 1. The smallest absolute Gasteiger partial charge is 0.319 e. The van der Waals surface area contributed by atoms with Crippen LogP contribution in [0.2, 0.25) is 0 Å². The van der Waals surface area contributed by atoms with Crippen molar-refractivity contribution in [3.63, 3.8) is 0 Å². The molecule has 2 aromatic rings. The van der Waals surface area contributed by atoms with Gasteiger partial charge >= 0.3 is 6.03 Å². The van der Waals surface area contributed by atoms with Crippen molar-refractivity contribution in [1.29, 1.82) is 0 Å². The number of pyridine rings is 1. The molecule has 0 atom stereocenters. The zero-order valence-corrected chi connectivity index (χ0v) is 14.5. The number of carbonyl (C=O) groups is 1. The van der Waals surface area contributed by atoms with E-state index in [9.17, 15) is 9.59 Å². The number of para-hydroxylation sites is 1. The lowest BCUT2D eigenvalue weighted by molar-refractivity contribution is 0.134. The Balaban J connectivity index is 1.71. The van der Waals surface area contributed by atoms with Crippen LogP contribution < -0.4 is 16.2 Å². The van der Waals surface area contributed by atoms with Gasteiger partial charge in [0.05, 0.1) is 6.61 Å². The number of rotatable bonds is 9. The molecule has 0 saturated carbocycles. The summed E-state index contributed by atoms with van der Waals surface area (Å²) in [6, 6.07) is 12.5. The van der Waals surface area contributed by atoms with Crippen LogP contribution in [-0.2, 0) is 17.9 Å². The summed E-state index contributed by atoms with van der Waals surface area (Å²) in [6.07, 6.45) is 3.40. The average Bonchev–Trinajstić information content (AvgIpc) is 2.62. The largest absolute Gasteiger partial charge is 0.377 e. The van der Waals surface area contributed by atoms with E-state index in [1.165, 1.54) is 0 Å². The number of nitrogens with one attached hydrogen (secondary N) is 2. The Bertz CT molecular complexity index is 728. The number of ether oxygens (including phenoxy) is 1. The Morgan fingerprint density at radius 2 is 1.92 bits per heavy atom. The van der Waals surface area contributed by atoms with Gasteiger partial charge in [-0.3, -0.25) is 4.79 Å². The fraction of sp³-hybridized carbons (Fsp3) is 0.368. The van der Waals surface area contributed by atoms with E-state index in [0.29, 0.717) is 26.3 Å². The molecule has 0 radical (unpaired) electrons. The molecule has 2 N–H and O–H groups in total. The highest BCUT2D eigenvalue weighted by Crippen LogP contribution is 2.15. The van der Waals surface area contributed by atoms with Gasteiger partial charge in [-0.15, -0.1) is 0 Å². The fourth-order valence-corrected chi connectivity index (χ4v) is 2.40. The van der Waals surface area contributed by atoms with Crippen LogP contribution in [0.15, 0.2) is 53.5 Å². The van der Waals surface area contributed by atoms with E-state index >= 15 is 0 Å². The monoisotopic (exact) mass is 343 g/mol. The maximum Gasteiger partial charge on any atom is 0.319 e. The number of benzene rings is 1. The quantitative estimate of drug-likeness (QED) is 0.688. The summed E-state index contributed by atoms with van der Waals surface area (Å²) in [5.74, 6) is 0. The van der Waals surface area contributed by atoms with Gasteiger partial charge in [0.15, 0.2) is 0 Å². The maximum atomic E-state index is 12.0. The molecule has 0 unspecified atom stereocenters. The van der Waals surface area contributed by atoms with Crippen LogP contribution in [0.5, 0.6) is 0 Å². The summed E-state index contributed by atoms with van der Waals surface area (Å²) in [4.78, 5) is 23.6. The van der Waals surface area contributed by atoms with Crippen LogP contribution in [0.25, 0.3) is 0 Å². The Kier molecular flexibility index (Phi) is 7.72. The third kappa shape index (κ3) is 6.43. The van der Waals surface area contributed by atoms with Gasteiger partial charge in [-0.1, -0.05) is 24.3 Å². The molecule has 6 heteroatoms. The molecule has 1 heterocycles. The molecule has 0 aliphatic carbocycles. The van der Waals surface area contributed by atoms with Crippen LogP contribution in [0.4, 0.5) is 10.5 Å². The van der Waals surface area contributed by atoms with Gasteiger partial charge in [0.1, 0.15) is 0 Å². The minimum Gasteiger partial charge on any atom is -0.377 e. The zero-order valence-electron chi connectivity index (χ0n) is 14.5. The second-order valence-electron chi connectivity index (χ2n) is 5.61. The van der Waals surface area contributed by atoms with Crippen LogP contribution in [0.3, 0.4) is 0 Å². The molecular formula is C19H25N3O3. The van der Waals surface area contributed by atoms with Crippen LogP contribution >= 0.6 is 0 Å². The van der Waals surface area contributed by atoms with Crippen molar-refractivity contribution >= 4 is 11.7 Å². The van der Waals surface area contributed by atoms with Crippen molar-refractivity contribution in [2.75, 3.05) is 18.5 Å². The van der Waals surface area contributed by atoms with Gasteiger partial charge in [0, 0.05) is 43.2 Å². The van der Waals surface area contributed by atoms with Crippen LogP contribution in [0.1, 0.15) is 25.3 Å². The molecule has 0 saturated heterocycles. The Labute approximate surface area is 147 Å². The predicted molar refractivity (Wildman–Crippen MR) is 98.7 cm³/mol. The third-order valence-corrected chi connectivity index (χ3v) is 3.74. The number of hydrogen-bond donors (Lipinski definition) is 2. The summed E-state index contributed by atoms with van der Waals surface area (Å²) in [6.45, 7) is 4.25. The van der Waals surface area contributed by atoms with Crippen LogP contribution in [-0.4, -0.2) is 23.7 Å². The van der Waals surface area contributed by atoms with E-state index < -0.39 is 0 Å². The molecule has 2 rings (SSSR count). The number of nitrogens with zero attached hydrogens (tertiary/aromatic N) is 1. The number of amides is 2.